The molecule has 5 rings (SSSR count). The van der Waals surface area contributed by atoms with Gasteiger partial charge in [0.1, 0.15) is 11.3 Å². The van der Waals surface area contributed by atoms with E-state index in [1.807, 2.05) is 36.4 Å². The fourth-order valence-electron chi connectivity index (χ4n) is 3.26. The molecule has 2 N–H and O–H groups in total. The summed E-state index contributed by atoms with van der Waals surface area (Å²) in [6.07, 6.45) is 6.17. The van der Waals surface area contributed by atoms with Crippen molar-refractivity contribution in [2.45, 2.75) is 0 Å². The lowest BCUT2D eigenvalue weighted by molar-refractivity contribution is 0.102. The number of rotatable bonds is 4. The van der Waals surface area contributed by atoms with E-state index in [1.165, 1.54) is 18.6 Å². The number of aromatic nitrogens is 5. The molecule has 0 saturated carbocycles. The van der Waals surface area contributed by atoms with Crippen LogP contribution in [0.3, 0.4) is 0 Å². The molecule has 8 heteroatoms. The lowest BCUT2D eigenvalue weighted by Crippen LogP contribution is -2.12. The molecule has 0 aliphatic rings. The van der Waals surface area contributed by atoms with E-state index in [2.05, 4.69) is 25.4 Å². The van der Waals surface area contributed by atoms with Crippen LogP contribution in [0.2, 0.25) is 0 Å². The molecule has 1 amide bonds. The molecular weight excluding hydrogens is 392 g/mol. The highest BCUT2D eigenvalue weighted by molar-refractivity contribution is 6.08. The summed E-state index contributed by atoms with van der Waals surface area (Å²) in [4.78, 5) is 25.7. The molecule has 5 aromatic rings. The topological polar surface area (TPSA) is 105 Å². The zero-order chi connectivity index (χ0) is 21.2. The van der Waals surface area contributed by atoms with Crippen molar-refractivity contribution >= 4 is 17.2 Å². The number of fused-ring (bicyclic) bond motifs is 1. The van der Waals surface area contributed by atoms with Crippen molar-refractivity contribution in [2.75, 3.05) is 5.32 Å². The number of phenolic OH excluding ortho intramolecular Hbond substituents is 1. The van der Waals surface area contributed by atoms with Gasteiger partial charge in [0.25, 0.3) is 5.91 Å². The second-order valence-corrected chi connectivity index (χ2v) is 6.79. The summed E-state index contributed by atoms with van der Waals surface area (Å²) in [6.45, 7) is 0. The van der Waals surface area contributed by atoms with Gasteiger partial charge >= 0.3 is 0 Å². The number of aromatic hydroxyl groups is 1. The number of carbonyl (C=O) groups is 1. The monoisotopic (exact) mass is 408 g/mol. The highest BCUT2D eigenvalue weighted by Crippen LogP contribution is 2.22. The van der Waals surface area contributed by atoms with E-state index >= 15 is 0 Å². The van der Waals surface area contributed by atoms with Crippen LogP contribution in [-0.2, 0) is 0 Å². The number of amides is 1. The zero-order valence-corrected chi connectivity index (χ0v) is 16.2. The van der Waals surface area contributed by atoms with Gasteiger partial charge in [0, 0.05) is 17.3 Å². The van der Waals surface area contributed by atoms with E-state index in [0.717, 1.165) is 11.3 Å². The van der Waals surface area contributed by atoms with Crippen LogP contribution >= 0.6 is 0 Å². The molecule has 0 radical (unpaired) electrons. The van der Waals surface area contributed by atoms with Gasteiger partial charge in [-0.05, 0) is 18.2 Å². The molecule has 0 unspecified atom stereocenters. The first-order valence-corrected chi connectivity index (χ1v) is 9.50. The SMILES string of the molecule is O=C(Nc1cnc(-c2cccc(O)c2)nc1)c1cnn2c(-c3ccccc3)ccnc12. The highest BCUT2D eigenvalue weighted by Gasteiger charge is 2.17. The second-order valence-electron chi connectivity index (χ2n) is 6.79. The molecular formula is C23H16N6O2. The van der Waals surface area contributed by atoms with Crippen molar-refractivity contribution in [1.82, 2.24) is 24.6 Å². The maximum Gasteiger partial charge on any atom is 0.261 e. The number of nitrogens with zero attached hydrogens (tertiary/aromatic N) is 5. The minimum atomic E-state index is -0.360. The van der Waals surface area contributed by atoms with Crippen LogP contribution in [0, 0.1) is 0 Å². The minimum absolute atomic E-state index is 0.133. The molecule has 3 aromatic heterocycles. The molecule has 0 aliphatic carbocycles. The van der Waals surface area contributed by atoms with Crippen LogP contribution in [0.5, 0.6) is 5.75 Å². The molecule has 0 bridgehead atoms. The normalized spacial score (nSPS) is 10.8. The number of phenols is 1. The molecule has 0 atom stereocenters. The van der Waals surface area contributed by atoms with Crippen molar-refractivity contribution in [3.05, 3.63) is 91.0 Å². The van der Waals surface area contributed by atoms with Crippen LogP contribution in [0.4, 0.5) is 5.69 Å². The first kappa shape index (κ1) is 18.4. The quantitative estimate of drug-likeness (QED) is 0.468. The van der Waals surface area contributed by atoms with Crippen molar-refractivity contribution < 1.29 is 9.90 Å². The first-order valence-electron chi connectivity index (χ1n) is 9.50. The maximum atomic E-state index is 12.8. The van der Waals surface area contributed by atoms with E-state index in [4.69, 9.17) is 0 Å². The molecule has 0 saturated heterocycles. The van der Waals surface area contributed by atoms with E-state index in [-0.39, 0.29) is 11.7 Å². The molecule has 0 fully saturated rings. The van der Waals surface area contributed by atoms with Crippen LogP contribution in [0.15, 0.2) is 85.5 Å². The Balaban J connectivity index is 1.41. The van der Waals surface area contributed by atoms with Gasteiger partial charge in [0.15, 0.2) is 11.5 Å². The van der Waals surface area contributed by atoms with Crippen molar-refractivity contribution in [2.24, 2.45) is 0 Å². The summed E-state index contributed by atoms with van der Waals surface area (Å²) in [6, 6.07) is 18.3. The van der Waals surface area contributed by atoms with Gasteiger partial charge in [-0.2, -0.15) is 5.10 Å². The number of hydrogen-bond donors (Lipinski definition) is 2. The minimum Gasteiger partial charge on any atom is -0.508 e. The summed E-state index contributed by atoms with van der Waals surface area (Å²) >= 11 is 0. The second kappa shape index (κ2) is 7.68. The summed E-state index contributed by atoms with van der Waals surface area (Å²) in [5.74, 6) is 0.217. The van der Waals surface area contributed by atoms with E-state index in [0.29, 0.717) is 28.3 Å². The van der Waals surface area contributed by atoms with Crippen molar-refractivity contribution in [3.63, 3.8) is 0 Å². The fraction of sp³-hybridized carbons (Fsp3) is 0. The van der Waals surface area contributed by atoms with Crippen molar-refractivity contribution in [3.8, 4) is 28.4 Å². The van der Waals surface area contributed by atoms with E-state index in [1.54, 1.807) is 35.0 Å². The Labute approximate surface area is 176 Å². The zero-order valence-electron chi connectivity index (χ0n) is 16.2. The molecule has 3 heterocycles. The summed E-state index contributed by atoms with van der Waals surface area (Å²) < 4.78 is 1.64. The van der Waals surface area contributed by atoms with Gasteiger partial charge in [0.05, 0.1) is 30.0 Å². The summed E-state index contributed by atoms with van der Waals surface area (Å²) in [5, 5.41) is 16.7. The number of hydrogen-bond acceptors (Lipinski definition) is 6. The molecule has 31 heavy (non-hydrogen) atoms. The first-order chi connectivity index (χ1) is 15.2. The molecule has 0 spiro atoms. The Morgan fingerprint density at radius 2 is 1.65 bits per heavy atom. The highest BCUT2D eigenvalue weighted by atomic mass is 16.3. The summed E-state index contributed by atoms with van der Waals surface area (Å²) in [5.41, 5.74) is 3.72. The van der Waals surface area contributed by atoms with Gasteiger partial charge in [-0.15, -0.1) is 0 Å². The average Bonchev–Trinajstić information content (AvgIpc) is 3.25. The average molecular weight is 408 g/mol. The van der Waals surface area contributed by atoms with Crippen LogP contribution < -0.4 is 5.32 Å². The summed E-state index contributed by atoms with van der Waals surface area (Å²) in [7, 11) is 0. The van der Waals surface area contributed by atoms with Gasteiger partial charge in [-0.25, -0.2) is 19.5 Å². The Morgan fingerprint density at radius 3 is 2.42 bits per heavy atom. The number of nitrogens with one attached hydrogen (secondary N) is 1. The Hall–Kier alpha value is -4.59. The third-order valence-corrected chi connectivity index (χ3v) is 4.73. The molecule has 2 aromatic carbocycles. The lowest BCUT2D eigenvalue weighted by atomic mass is 10.1. The van der Waals surface area contributed by atoms with Gasteiger partial charge in [0.2, 0.25) is 0 Å². The van der Waals surface area contributed by atoms with Crippen LogP contribution in [0.25, 0.3) is 28.3 Å². The Morgan fingerprint density at radius 1 is 0.871 bits per heavy atom. The van der Waals surface area contributed by atoms with Crippen molar-refractivity contribution in [1.29, 1.82) is 0 Å². The standard InChI is InChI=1S/C23H16N6O2/c30-18-8-4-7-16(11-18)21-25-12-17(13-26-21)28-23(31)19-14-27-29-20(9-10-24-22(19)29)15-5-2-1-3-6-15/h1-14,30H,(H,28,31). The lowest BCUT2D eigenvalue weighted by Gasteiger charge is -2.06. The smallest absolute Gasteiger partial charge is 0.261 e. The Kier molecular flexibility index (Phi) is 4.57. The van der Waals surface area contributed by atoms with Crippen LogP contribution in [-0.4, -0.2) is 35.6 Å². The number of anilines is 1. The third kappa shape index (κ3) is 3.58. The maximum absolute atomic E-state index is 12.8. The Bertz CT molecular complexity index is 1380. The number of carbonyl (C=O) groups excluding carboxylic acids is 1. The van der Waals surface area contributed by atoms with Crippen LogP contribution in [0.1, 0.15) is 10.4 Å². The molecule has 0 aliphatic heterocycles. The van der Waals surface area contributed by atoms with E-state index < -0.39 is 0 Å². The van der Waals surface area contributed by atoms with Gasteiger partial charge in [-0.3, -0.25) is 4.79 Å². The predicted molar refractivity (Wildman–Crippen MR) is 116 cm³/mol. The molecule has 150 valence electrons. The number of benzene rings is 2. The molecule has 8 nitrogen and oxygen atoms in total. The van der Waals surface area contributed by atoms with Gasteiger partial charge < -0.3 is 10.4 Å². The third-order valence-electron chi connectivity index (χ3n) is 4.73. The largest absolute Gasteiger partial charge is 0.508 e. The van der Waals surface area contributed by atoms with Gasteiger partial charge in [-0.1, -0.05) is 42.5 Å². The van der Waals surface area contributed by atoms with E-state index in [9.17, 15) is 9.90 Å². The fourth-order valence-corrected chi connectivity index (χ4v) is 3.26. The predicted octanol–water partition coefficient (Wildman–Crippen LogP) is 3.81.